The third-order valence-corrected chi connectivity index (χ3v) is 10.5. The lowest BCUT2D eigenvalue weighted by Gasteiger charge is -2.41. The Bertz CT molecular complexity index is 1360. The van der Waals surface area contributed by atoms with Crippen LogP contribution in [0.15, 0.2) is 23.0 Å². The number of likely N-dealkylation sites (N-methyl/N-ethyl adjacent to an activating group) is 1. The number of carbonyl (C=O) groups excluding carboxylic acids is 1. The number of ether oxygens (including phenoxy) is 2. The van der Waals surface area contributed by atoms with Gasteiger partial charge in [0.25, 0.3) is 11.5 Å². The van der Waals surface area contributed by atoms with Crippen molar-refractivity contribution in [2.24, 2.45) is 5.92 Å². The number of morpholine rings is 1. The van der Waals surface area contributed by atoms with E-state index in [1.807, 2.05) is 19.9 Å². The number of hydrogen-bond acceptors (Lipinski definition) is 7. The number of aromatic nitrogens is 1. The van der Waals surface area contributed by atoms with Crippen molar-refractivity contribution >= 4 is 11.6 Å². The Kier molecular flexibility index (Phi) is 11.4. The molecule has 9 nitrogen and oxygen atoms in total. The fourth-order valence-electron chi connectivity index (χ4n) is 7.66. The fourth-order valence-corrected chi connectivity index (χ4v) is 7.66. The lowest BCUT2D eigenvalue weighted by molar-refractivity contribution is 0.0355. The van der Waals surface area contributed by atoms with Gasteiger partial charge in [-0.1, -0.05) is 0 Å². The van der Waals surface area contributed by atoms with E-state index in [1.54, 1.807) is 7.11 Å². The molecule has 2 N–H and O–H groups in total. The second-order valence-electron chi connectivity index (χ2n) is 13.6. The molecule has 2 saturated carbocycles. The summed E-state index contributed by atoms with van der Waals surface area (Å²) >= 11 is 0. The molecular formula is C36H55N5O4. The zero-order chi connectivity index (χ0) is 32.1. The summed E-state index contributed by atoms with van der Waals surface area (Å²) in [4.78, 5) is 37.0. The van der Waals surface area contributed by atoms with E-state index in [-0.39, 0.29) is 18.0 Å². The summed E-state index contributed by atoms with van der Waals surface area (Å²) in [7, 11) is 3.99. The molecule has 0 spiro atoms. The van der Waals surface area contributed by atoms with Crippen molar-refractivity contribution in [3.63, 3.8) is 0 Å². The van der Waals surface area contributed by atoms with Crippen molar-refractivity contribution in [1.29, 1.82) is 0 Å². The van der Waals surface area contributed by atoms with E-state index < -0.39 is 0 Å². The second kappa shape index (κ2) is 15.2. The molecule has 0 radical (unpaired) electrons. The Morgan fingerprint density at radius 3 is 2.47 bits per heavy atom. The second-order valence-corrected chi connectivity index (χ2v) is 13.6. The third-order valence-electron chi connectivity index (χ3n) is 10.5. The Hall–Kier alpha value is -2.72. The van der Waals surface area contributed by atoms with E-state index in [0.29, 0.717) is 29.5 Å². The number of nitrogens with one attached hydrogen (secondary N) is 2. The summed E-state index contributed by atoms with van der Waals surface area (Å²) in [5, 5.41) is 3.10. The molecule has 9 heteroatoms. The summed E-state index contributed by atoms with van der Waals surface area (Å²) in [6, 6.07) is 7.52. The van der Waals surface area contributed by atoms with Crippen molar-refractivity contribution in [3.05, 3.63) is 62.1 Å². The van der Waals surface area contributed by atoms with Crippen molar-refractivity contribution in [2.45, 2.75) is 84.3 Å². The lowest BCUT2D eigenvalue weighted by Crippen LogP contribution is -2.44. The summed E-state index contributed by atoms with van der Waals surface area (Å²) in [5.41, 5.74) is 6.41. The predicted octanol–water partition coefficient (Wildman–Crippen LogP) is 4.38. The molecule has 1 aliphatic heterocycles. The van der Waals surface area contributed by atoms with Crippen molar-refractivity contribution in [2.75, 3.05) is 71.6 Å². The van der Waals surface area contributed by atoms with E-state index >= 15 is 0 Å². The van der Waals surface area contributed by atoms with Crippen LogP contribution in [0.2, 0.25) is 0 Å². The number of rotatable bonds is 13. The van der Waals surface area contributed by atoms with Gasteiger partial charge in [-0.15, -0.1) is 0 Å². The highest BCUT2D eigenvalue weighted by molar-refractivity contribution is 5.97. The van der Waals surface area contributed by atoms with E-state index in [4.69, 9.17) is 9.47 Å². The maximum atomic E-state index is 13.9. The zero-order valence-electron chi connectivity index (χ0n) is 28.4. The summed E-state index contributed by atoms with van der Waals surface area (Å²) < 4.78 is 10.9. The van der Waals surface area contributed by atoms with Crippen LogP contribution < -0.4 is 15.8 Å². The lowest BCUT2D eigenvalue weighted by atomic mass is 9.88. The molecule has 0 bridgehead atoms. The molecule has 1 aromatic carbocycles. The topological polar surface area (TPSA) is 90.1 Å². The smallest absolute Gasteiger partial charge is 0.253 e. The average molecular weight is 622 g/mol. The molecule has 1 aromatic heterocycles. The standard InChI is InChI=1S/C36H55N5O4/c1-7-41(30-10-8-29(9-11-30)39(5)12-15-44-6)34-21-27(32-20-28(32)23-40-13-16-45-17-14-40)19-31(26(34)4)35(42)37-22-33-24(2)18-25(3)38-36(33)43/h18-19,21,28-30,32H,7-17,20,22-23H2,1-6H3,(H,37,42)(H,38,43)/t28?,29-,30-,32?. The molecule has 248 valence electrons. The minimum Gasteiger partial charge on any atom is -0.383 e. The van der Waals surface area contributed by atoms with Crippen LogP contribution in [0.1, 0.15) is 83.3 Å². The number of aryl methyl sites for hydroxylation is 2. The van der Waals surface area contributed by atoms with Crippen LogP contribution in [0.3, 0.4) is 0 Å². The number of hydrogen-bond donors (Lipinski definition) is 2. The number of aromatic amines is 1. The highest BCUT2D eigenvalue weighted by atomic mass is 16.5. The first kappa shape index (κ1) is 33.6. The van der Waals surface area contributed by atoms with Gasteiger partial charge in [-0.3, -0.25) is 14.5 Å². The van der Waals surface area contributed by atoms with Crippen molar-refractivity contribution < 1.29 is 14.3 Å². The van der Waals surface area contributed by atoms with E-state index in [0.717, 1.165) is 94.2 Å². The number of amides is 1. The van der Waals surface area contributed by atoms with Crippen LogP contribution in [0.25, 0.3) is 0 Å². The van der Waals surface area contributed by atoms with Crippen LogP contribution >= 0.6 is 0 Å². The summed E-state index contributed by atoms with van der Waals surface area (Å²) in [6.07, 6.45) is 5.77. The maximum absolute atomic E-state index is 13.9. The van der Waals surface area contributed by atoms with Gasteiger partial charge in [0.15, 0.2) is 0 Å². The first-order chi connectivity index (χ1) is 21.7. The van der Waals surface area contributed by atoms with Crippen molar-refractivity contribution in [3.8, 4) is 0 Å². The molecule has 3 fully saturated rings. The number of nitrogens with zero attached hydrogens (tertiary/aromatic N) is 3. The van der Waals surface area contributed by atoms with Crippen molar-refractivity contribution in [1.82, 2.24) is 20.1 Å². The Labute approximate surface area is 269 Å². The molecule has 45 heavy (non-hydrogen) atoms. The number of H-pyrrole nitrogens is 1. The van der Waals surface area contributed by atoms with Gasteiger partial charge < -0.3 is 29.6 Å². The van der Waals surface area contributed by atoms with Gasteiger partial charge in [0.2, 0.25) is 0 Å². The number of pyridine rings is 1. The quantitative estimate of drug-likeness (QED) is 0.343. The molecule has 3 aliphatic rings. The molecule has 1 amide bonds. The van der Waals surface area contributed by atoms with Crippen LogP contribution in [-0.2, 0) is 16.0 Å². The molecule has 2 atom stereocenters. The van der Waals surface area contributed by atoms with Gasteiger partial charge in [0.1, 0.15) is 0 Å². The molecule has 1 saturated heterocycles. The van der Waals surface area contributed by atoms with E-state index in [1.165, 1.54) is 24.1 Å². The fraction of sp³-hybridized carbons (Fsp3) is 0.667. The van der Waals surface area contributed by atoms with Gasteiger partial charge in [0.05, 0.1) is 19.8 Å². The average Bonchev–Trinajstić information content (AvgIpc) is 3.80. The third kappa shape index (κ3) is 8.17. The largest absolute Gasteiger partial charge is 0.383 e. The minimum atomic E-state index is -0.136. The van der Waals surface area contributed by atoms with Crippen LogP contribution in [-0.4, -0.2) is 99.5 Å². The van der Waals surface area contributed by atoms with Crippen LogP contribution in [0.5, 0.6) is 0 Å². The van der Waals surface area contributed by atoms with Gasteiger partial charge in [-0.2, -0.15) is 0 Å². The molecular weight excluding hydrogens is 566 g/mol. The normalized spacial score (nSPS) is 23.7. The van der Waals surface area contributed by atoms with E-state index in [2.05, 4.69) is 58.0 Å². The molecule has 2 aliphatic carbocycles. The highest BCUT2D eigenvalue weighted by Crippen LogP contribution is 2.49. The van der Waals surface area contributed by atoms with Crippen LogP contribution in [0, 0.1) is 26.7 Å². The van der Waals surface area contributed by atoms with Gasteiger partial charge in [0, 0.05) is 81.0 Å². The highest BCUT2D eigenvalue weighted by Gasteiger charge is 2.40. The van der Waals surface area contributed by atoms with Crippen LogP contribution in [0.4, 0.5) is 5.69 Å². The summed E-state index contributed by atoms with van der Waals surface area (Å²) in [5.74, 6) is 0.959. The number of carbonyl (C=O) groups is 1. The molecule has 2 aromatic rings. The minimum absolute atomic E-state index is 0.111. The summed E-state index contributed by atoms with van der Waals surface area (Å²) in [6.45, 7) is 15.7. The number of benzene rings is 1. The predicted molar refractivity (Wildman–Crippen MR) is 181 cm³/mol. The maximum Gasteiger partial charge on any atom is 0.253 e. The molecule has 5 rings (SSSR count). The van der Waals surface area contributed by atoms with Gasteiger partial charge in [-0.25, -0.2) is 0 Å². The first-order valence-corrected chi connectivity index (χ1v) is 17.1. The molecule has 2 heterocycles. The zero-order valence-corrected chi connectivity index (χ0v) is 28.4. The SMILES string of the molecule is CCN(c1cc(C2CC2CN2CCOCC2)cc(C(=O)NCc2c(C)cc(C)[nH]c2=O)c1C)[C@H]1CC[C@H](N(C)CCOC)CC1. The molecule has 2 unspecified atom stereocenters. The Balaban J connectivity index is 1.38. The van der Waals surface area contributed by atoms with Gasteiger partial charge in [-0.05, 0) is 114 Å². The Morgan fingerprint density at radius 2 is 1.80 bits per heavy atom. The first-order valence-electron chi connectivity index (χ1n) is 17.1. The van der Waals surface area contributed by atoms with Gasteiger partial charge >= 0.3 is 0 Å². The Morgan fingerprint density at radius 1 is 1.09 bits per heavy atom. The number of anilines is 1. The number of methoxy groups -OCH3 is 1. The van der Waals surface area contributed by atoms with E-state index in [9.17, 15) is 9.59 Å². The monoisotopic (exact) mass is 621 g/mol.